The van der Waals surface area contributed by atoms with E-state index in [1.54, 1.807) is 0 Å². The zero-order chi connectivity index (χ0) is 13.9. The average Bonchev–Trinajstić information content (AvgIpc) is 2.36. The van der Waals surface area contributed by atoms with Crippen molar-refractivity contribution in [3.63, 3.8) is 0 Å². The van der Waals surface area contributed by atoms with Crippen molar-refractivity contribution in [3.8, 4) is 0 Å². The largest absolute Gasteiger partial charge is 0.329 e. The maximum Gasteiger partial charge on any atom is 0.329 e. The van der Waals surface area contributed by atoms with E-state index in [-0.39, 0.29) is 6.16 Å². The Balaban J connectivity index is 2.54. The van der Waals surface area contributed by atoms with E-state index in [0.717, 1.165) is 41.2 Å². The number of unbranched alkanes of at least 4 members (excludes halogenated alkanes) is 1. The molecule has 4 heteroatoms. The van der Waals surface area contributed by atoms with Crippen molar-refractivity contribution in [1.82, 2.24) is 0 Å². The van der Waals surface area contributed by atoms with Gasteiger partial charge in [-0.05, 0) is 34.7 Å². The van der Waals surface area contributed by atoms with E-state index in [1.165, 1.54) is 0 Å². The van der Waals surface area contributed by atoms with Gasteiger partial charge in [0.2, 0.25) is 0 Å². The van der Waals surface area contributed by atoms with E-state index >= 15 is 0 Å². The summed E-state index contributed by atoms with van der Waals surface area (Å²) in [5.41, 5.74) is 1.86. The van der Waals surface area contributed by atoms with Gasteiger partial charge in [0.15, 0.2) is 0 Å². The highest BCUT2D eigenvalue weighted by atomic mass is 31.2. The minimum atomic E-state index is -4.05. The molecular formula is C15H19O3P. The first-order valence-corrected chi connectivity index (χ1v) is 8.35. The Labute approximate surface area is 113 Å². The third-order valence-electron chi connectivity index (χ3n) is 3.30. The van der Waals surface area contributed by atoms with Crippen LogP contribution in [0.3, 0.4) is 0 Å². The molecule has 0 aliphatic heterocycles. The SMILES string of the molecule is CCCCc1ccc2ccccc2c1CP(=O)(O)O. The fraction of sp³-hybridized carbons (Fsp3) is 0.333. The van der Waals surface area contributed by atoms with Gasteiger partial charge in [-0.1, -0.05) is 49.7 Å². The van der Waals surface area contributed by atoms with Crippen LogP contribution in [0.1, 0.15) is 30.9 Å². The lowest BCUT2D eigenvalue weighted by Crippen LogP contribution is -1.97. The molecule has 102 valence electrons. The van der Waals surface area contributed by atoms with Gasteiger partial charge in [-0.3, -0.25) is 4.57 Å². The first-order valence-electron chi connectivity index (χ1n) is 6.55. The zero-order valence-electron chi connectivity index (χ0n) is 11.0. The third-order valence-corrected chi connectivity index (χ3v) is 4.03. The molecule has 0 atom stereocenters. The highest BCUT2D eigenvalue weighted by molar-refractivity contribution is 7.50. The van der Waals surface area contributed by atoms with Crippen LogP contribution < -0.4 is 0 Å². The number of hydrogen-bond acceptors (Lipinski definition) is 1. The molecule has 2 aromatic carbocycles. The van der Waals surface area contributed by atoms with E-state index in [4.69, 9.17) is 0 Å². The molecule has 0 amide bonds. The highest BCUT2D eigenvalue weighted by Crippen LogP contribution is 2.42. The molecule has 0 fully saturated rings. The summed E-state index contributed by atoms with van der Waals surface area (Å²) in [7, 11) is -4.05. The minimum Gasteiger partial charge on any atom is -0.324 e. The molecular weight excluding hydrogens is 259 g/mol. The van der Waals surface area contributed by atoms with Crippen LogP contribution in [0.15, 0.2) is 36.4 Å². The summed E-state index contributed by atoms with van der Waals surface area (Å²) in [6, 6.07) is 11.8. The predicted octanol–water partition coefficient (Wildman–Crippen LogP) is 3.86. The van der Waals surface area contributed by atoms with Crippen molar-refractivity contribution < 1.29 is 14.4 Å². The highest BCUT2D eigenvalue weighted by Gasteiger charge is 2.18. The van der Waals surface area contributed by atoms with Crippen LogP contribution in [0.2, 0.25) is 0 Å². The first kappa shape index (κ1) is 14.3. The molecule has 0 aliphatic carbocycles. The second-order valence-corrected chi connectivity index (χ2v) is 6.50. The van der Waals surface area contributed by atoms with Crippen LogP contribution in [-0.4, -0.2) is 9.79 Å². The summed E-state index contributed by atoms with van der Waals surface area (Å²) in [4.78, 5) is 18.6. The molecule has 0 bridgehead atoms. The van der Waals surface area contributed by atoms with Gasteiger partial charge in [0.05, 0.1) is 6.16 Å². The number of benzene rings is 2. The molecule has 0 spiro atoms. The Hall–Kier alpha value is -1.15. The molecule has 19 heavy (non-hydrogen) atoms. The lowest BCUT2D eigenvalue weighted by Gasteiger charge is -2.14. The summed E-state index contributed by atoms with van der Waals surface area (Å²) < 4.78 is 11.4. The number of aryl methyl sites for hydroxylation is 1. The molecule has 2 aromatic rings. The molecule has 3 nitrogen and oxygen atoms in total. The summed E-state index contributed by atoms with van der Waals surface area (Å²) in [6.07, 6.45) is 2.80. The smallest absolute Gasteiger partial charge is 0.324 e. The molecule has 0 unspecified atom stereocenters. The fourth-order valence-electron chi connectivity index (χ4n) is 2.38. The third kappa shape index (κ3) is 3.66. The molecule has 2 N–H and O–H groups in total. The fourth-order valence-corrected chi connectivity index (χ4v) is 3.16. The van der Waals surface area contributed by atoms with E-state index in [0.29, 0.717) is 0 Å². The average molecular weight is 278 g/mol. The van der Waals surface area contributed by atoms with Gasteiger partial charge in [0, 0.05) is 0 Å². The standard InChI is InChI=1S/C15H19O3P/c1-2-3-6-13-10-9-12-7-4-5-8-14(12)15(13)11-19(16,17)18/h4-5,7-10H,2-3,6,11H2,1H3,(H2,16,17,18). The summed E-state index contributed by atoms with van der Waals surface area (Å²) in [6.45, 7) is 2.11. The second kappa shape index (κ2) is 5.87. The minimum absolute atomic E-state index is 0.173. The zero-order valence-corrected chi connectivity index (χ0v) is 11.9. The lowest BCUT2D eigenvalue weighted by atomic mass is 9.97. The van der Waals surface area contributed by atoms with Crippen molar-refractivity contribution in [2.45, 2.75) is 32.3 Å². The molecule has 0 aliphatic rings. The molecule has 0 saturated carbocycles. The van der Waals surface area contributed by atoms with Crippen LogP contribution in [-0.2, 0) is 17.1 Å². The molecule has 2 rings (SSSR count). The van der Waals surface area contributed by atoms with Gasteiger partial charge in [-0.2, -0.15) is 0 Å². The van der Waals surface area contributed by atoms with Gasteiger partial charge in [0.25, 0.3) is 0 Å². The van der Waals surface area contributed by atoms with Gasteiger partial charge >= 0.3 is 7.60 Å². The number of fused-ring (bicyclic) bond motifs is 1. The first-order chi connectivity index (χ1) is 9.01. The normalized spacial score (nSPS) is 11.9. The Bertz CT molecular complexity index is 616. The van der Waals surface area contributed by atoms with Gasteiger partial charge < -0.3 is 9.79 Å². The van der Waals surface area contributed by atoms with Crippen LogP contribution in [0.5, 0.6) is 0 Å². The Morgan fingerprint density at radius 1 is 1.11 bits per heavy atom. The molecule has 0 saturated heterocycles. The summed E-state index contributed by atoms with van der Waals surface area (Å²) in [5, 5.41) is 1.99. The Morgan fingerprint density at radius 3 is 2.53 bits per heavy atom. The lowest BCUT2D eigenvalue weighted by molar-refractivity contribution is 0.371. The number of hydrogen-bond donors (Lipinski definition) is 2. The second-order valence-electron chi connectivity index (χ2n) is 4.85. The Morgan fingerprint density at radius 2 is 1.84 bits per heavy atom. The van der Waals surface area contributed by atoms with Gasteiger partial charge in [0.1, 0.15) is 0 Å². The summed E-state index contributed by atoms with van der Waals surface area (Å²) in [5.74, 6) is 0. The number of rotatable bonds is 5. The van der Waals surface area contributed by atoms with Crippen molar-refractivity contribution in [3.05, 3.63) is 47.5 Å². The van der Waals surface area contributed by atoms with Crippen LogP contribution in [0.25, 0.3) is 10.8 Å². The van der Waals surface area contributed by atoms with Crippen molar-refractivity contribution in [2.75, 3.05) is 0 Å². The topological polar surface area (TPSA) is 57.5 Å². The molecule has 0 aromatic heterocycles. The Kier molecular flexibility index (Phi) is 4.41. The van der Waals surface area contributed by atoms with Crippen LogP contribution >= 0.6 is 7.60 Å². The van der Waals surface area contributed by atoms with Gasteiger partial charge in [-0.15, -0.1) is 0 Å². The van der Waals surface area contributed by atoms with Crippen molar-refractivity contribution in [2.24, 2.45) is 0 Å². The van der Waals surface area contributed by atoms with E-state index < -0.39 is 7.60 Å². The van der Waals surface area contributed by atoms with E-state index in [9.17, 15) is 14.4 Å². The van der Waals surface area contributed by atoms with Crippen molar-refractivity contribution >= 4 is 18.4 Å². The summed E-state index contributed by atoms with van der Waals surface area (Å²) >= 11 is 0. The van der Waals surface area contributed by atoms with Crippen molar-refractivity contribution in [1.29, 1.82) is 0 Å². The maximum absolute atomic E-state index is 11.4. The van der Waals surface area contributed by atoms with E-state index in [2.05, 4.69) is 6.92 Å². The van der Waals surface area contributed by atoms with Crippen LogP contribution in [0, 0.1) is 0 Å². The van der Waals surface area contributed by atoms with Gasteiger partial charge in [-0.25, -0.2) is 0 Å². The monoisotopic (exact) mass is 278 g/mol. The predicted molar refractivity (Wildman–Crippen MR) is 78.3 cm³/mol. The maximum atomic E-state index is 11.4. The van der Waals surface area contributed by atoms with E-state index in [1.807, 2.05) is 36.4 Å². The quantitative estimate of drug-likeness (QED) is 0.816. The molecule has 0 heterocycles. The molecule has 0 radical (unpaired) electrons. The van der Waals surface area contributed by atoms with Crippen LogP contribution in [0.4, 0.5) is 0 Å².